The van der Waals surface area contributed by atoms with Crippen LogP contribution in [0.5, 0.6) is 0 Å². The molecule has 2 heterocycles. The van der Waals surface area contributed by atoms with Crippen molar-refractivity contribution in [3.05, 3.63) is 53.0 Å². The molecule has 0 aliphatic rings. The molecule has 2 aromatic heterocycles. The van der Waals surface area contributed by atoms with Crippen molar-refractivity contribution in [3.8, 4) is 0 Å². The van der Waals surface area contributed by atoms with E-state index in [1.807, 2.05) is 59.6 Å². The quantitative estimate of drug-likeness (QED) is 0.747. The van der Waals surface area contributed by atoms with Crippen molar-refractivity contribution >= 4 is 11.3 Å². The third-order valence-corrected chi connectivity index (χ3v) is 3.44. The second-order valence-electron chi connectivity index (χ2n) is 3.52. The number of aliphatic hydroxyl groups is 1. The molecular weight excluding hydrogens is 286 g/mol. The van der Waals surface area contributed by atoms with E-state index in [2.05, 4.69) is 0 Å². The molecule has 0 aromatic carbocycles. The van der Waals surface area contributed by atoms with Gasteiger partial charge < -0.3 is 22.1 Å². The maximum atomic E-state index is 10.1. The van der Waals surface area contributed by atoms with Crippen LogP contribution in [0.4, 0.5) is 0 Å². The fraction of sp³-hybridized carbons (Fsp3) is 0.250. The van der Waals surface area contributed by atoms with Gasteiger partial charge in [0, 0.05) is 23.9 Å². The number of pyridine rings is 1. The molecule has 86 valence electrons. The Morgan fingerprint density at radius 3 is 2.44 bits per heavy atom. The molecule has 0 radical (unpaired) electrons. The van der Waals surface area contributed by atoms with Gasteiger partial charge in [-0.2, -0.15) is 4.57 Å². The molecule has 2 unspecified atom stereocenters. The normalized spacial score (nSPS) is 13.9. The second kappa shape index (κ2) is 6.13. The summed E-state index contributed by atoms with van der Waals surface area (Å²) < 4.78 is 2.02. The fourth-order valence-electron chi connectivity index (χ4n) is 1.54. The molecule has 0 saturated heterocycles. The van der Waals surface area contributed by atoms with Crippen molar-refractivity contribution < 1.29 is 26.7 Å². The van der Waals surface area contributed by atoms with E-state index in [1.165, 1.54) is 0 Å². The van der Waals surface area contributed by atoms with E-state index in [0.717, 1.165) is 4.88 Å². The fourth-order valence-corrected chi connectivity index (χ4v) is 2.35. The summed E-state index contributed by atoms with van der Waals surface area (Å²) in [5, 5.41) is 12.1. The molecular formula is C12H14BrNOS. The van der Waals surface area contributed by atoms with Crippen molar-refractivity contribution in [2.45, 2.75) is 19.1 Å². The second-order valence-corrected chi connectivity index (χ2v) is 4.50. The Hall–Kier alpha value is -0.710. The van der Waals surface area contributed by atoms with Crippen LogP contribution in [0.2, 0.25) is 0 Å². The third-order valence-electron chi connectivity index (χ3n) is 2.50. The zero-order chi connectivity index (χ0) is 10.7. The Kier molecular flexibility index (Phi) is 5.12. The monoisotopic (exact) mass is 299 g/mol. The van der Waals surface area contributed by atoms with Gasteiger partial charge in [0.2, 0.25) is 0 Å². The van der Waals surface area contributed by atoms with Crippen molar-refractivity contribution in [3.63, 3.8) is 0 Å². The van der Waals surface area contributed by atoms with Crippen LogP contribution in [0.3, 0.4) is 0 Å². The number of aromatic nitrogens is 1. The zero-order valence-corrected chi connectivity index (χ0v) is 11.4. The first-order chi connectivity index (χ1) is 7.29. The third kappa shape index (κ3) is 2.90. The molecule has 0 bridgehead atoms. The summed E-state index contributed by atoms with van der Waals surface area (Å²) in [6.45, 7) is 2.02. The van der Waals surface area contributed by atoms with Gasteiger partial charge in [0.25, 0.3) is 0 Å². The van der Waals surface area contributed by atoms with Crippen LogP contribution in [0.15, 0.2) is 48.1 Å². The SMILES string of the molecule is CC(C(O)c1cccs1)[n+]1ccccc1.[Br-]. The minimum absolute atomic E-state index is 0. The van der Waals surface area contributed by atoms with Crippen LogP contribution in [-0.4, -0.2) is 5.11 Å². The van der Waals surface area contributed by atoms with Gasteiger partial charge in [-0.25, -0.2) is 0 Å². The van der Waals surface area contributed by atoms with Gasteiger partial charge in [-0.1, -0.05) is 12.1 Å². The molecule has 0 fully saturated rings. The number of hydrogen-bond donors (Lipinski definition) is 1. The van der Waals surface area contributed by atoms with Crippen molar-refractivity contribution in [1.82, 2.24) is 0 Å². The van der Waals surface area contributed by atoms with Gasteiger partial charge >= 0.3 is 0 Å². The molecule has 0 aliphatic heterocycles. The number of rotatable bonds is 3. The van der Waals surface area contributed by atoms with Gasteiger partial charge in [0.15, 0.2) is 18.4 Å². The Morgan fingerprint density at radius 2 is 1.88 bits per heavy atom. The van der Waals surface area contributed by atoms with Crippen molar-refractivity contribution in [1.29, 1.82) is 0 Å². The minimum Gasteiger partial charge on any atom is -1.00 e. The summed E-state index contributed by atoms with van der Waals surface area (Å²) >= 11 is 1.59. The summed E-state index contributed by atoms with van der Waals surface area (Å²) in [6.07, 6.45) is 3.51. The molecule has 0 amide bonds. The highest BCUT2D eigenvalue weighted by atomic mass is 79.9. The van der Waals surface area contributed by atoms with E-state index in [-0.39, 0.29) is 23.0 Å². The molecule has 4 heteroatoms. The predicted octanol–water partition coefficient (Wildman–Crippen LogP) is -0.666. The van der Waals surface area contributed by atoms with E-state index in [0.29, 0.717) is 0 Å². The first kappa shape index (κ1) is 13.4. The average Bonchev–Trinajstić information content (AvgIpc) is 2.82. The zero-order valence-electron chi connectivity index (χ0n) is 8.95. The van der Waals surface area contributed by atoms with Gasteiger partial charge in [-0.05, 0) is 11.4 Å². The van der Waals surface area contributed by atoms with Crippen LogP contribution in [0, 0.1) is 0 Å². The average molecular weight is 300 g/mol. The first-order valence-electron chi connectivity index (χ1n) is 4.96. The smallest absolute Gasteiger partial charge is 0.186 e. The van der Waals surface area contributed by atoms with E-state index in [9.17, 15) is 5.11 Å². The lowest BCUT2D eigenvalue weighted by atomic mass is 10.1. The van der Waals surface area contributed by atoms with Crippen LogP contribution >= 0.6 is 11.3 Å². The minimum atomic E-state index is -0.433. The standard InChI is InChI=1S/C12H14NOS.BrH/c1-10(13-7-3-2-4-8-13)12(14)11-6-5-9-15-11;/h2-10,12,14H,1H3;1H/q+1;/p-1. The van der Waals surface area contributed by atoms with E-state index in [4.69, 9.17) is 0 Å². The van der Waals surface area contributed by atoms with Gasteiger partial charge in [-0.15, -0.1) is 11.3 Å². The number of aliphatic hydroxyl groups excluding tert-OH is 1. The number of halogens is 1. The number of nitrogens with zero attached hydrogens (tertiary/aromatic N) is 1. The number of thiophene rings is 1. The highest BCUT2D eigenvalue weighted by Gasteiger charge is 2.24. The highest BCUT2D eigenvalue weighted by molar-refractivity contribution is 7.10. The summed E-state index contributed by atoms with van der Waals surface area (Å²) in [5.74, 6) is 0. The maximum absolute atomic E-state index is 10.1. The van der Waals surface area contributed by atoms with Crippen LogP contribution in [0.1, 0.15) is 23.9 Å². The Labute approximate surface area is 110 Å². The Morgan fingerprint density at radius 1 is 1.19 bits per heavy atom. The Bertz CT molecular complexity index is 404. The van der Waals surface area contributed by atoms with E-state index in [1.54, 1.807) is 11.3 Å². The maximum Gasteiger partial charge on any atom is 0.186 e. The number of hydrogen-bond acceptors (Lipinski definition) is 2. The van der Waals surface area contributed by atoms with Gasteiger partial charge in [0.05, 0.1) is 0 Å². The topological polar surface area (TPSA) is 24.1 Å². The highest BCUT2D eigenvalue weighted by Crippen LogP contribution is 2.25. The van der Waals surface area contributed by atoms with Gasteiger partial charge in [-0.3, -0.25) is 0 Å². The Balaban J connectivity index is 0.00000128. The first-order valence-corrected chi connectivity index (χ1v) is 5.84. The molecule has 2 aromatic rings. The summed E-state index contributed by atoms with van der Waals surface area (Å²) in [7, 11) is 0. The van der Waals surface area contributed by atoms with Crippen LogP contribution < -0.4 is 21.5 Å². The molecule has 2 atom stereocenters. The summed E-state index contributed by atoms with van der Waals surface area (Å²) in [4.78, 5) is 1.01. The lowest BCUT2D eigenvalue weighted by Gasteiger charge is -2.12. The van der Waals surface area contributed by atoms with Crippen LogP contribution in [-0.2, 0) is 0 Å². The lowest BCUT2D eigenvalue weighted by molar-refractivity contribution is -0.728. The van der Waals surface area contributed by atoms with Crippen LogP contribution in [0.25, 0.3) is 0 Å². The van der Waals surface area contributed by atoms with E-state index < -0.39 is 6.10 Å². The summed E-state index contributed by atoms with van der Waals surface area (Å²) in [5.41, 5.74) is 0. The molecule has 2 nitrogen and oxygen atoms in total. The molecule has 0 aliphatic carbocycles. The lowest BCUT2D eigenvalue weighted by Crippen LogP contribution is -3.00. The molecule has 16 heavy (non-hydrogen) atoms. The molecule has 0 saturated carbocycles. The molecule has 0 spiro atoms. The van der Waals surface area contributed by atoms with Gasteiger partial charge in [0.1, 0.15) is 6.10 Å². The van der Waals surface area contributed by atoms with E-state index >= 15 is 0 Å². The van der Waals surface area contributed by atoms with Crippen molar-refractivity contribution in [2.75, 3.05) is 0 Å². The molecule has 2 rings (SSSR count). The molecule has 1 N–H and O–H groups in total. The predicted molar refractivity (Wildman–Crippen MR) is 60.6 cm³/mol. The summed E-state index contributed by atoms with van der Waals surface area (Å²) in [6, 6.07) is 9.90. The largest absolute Gasteiger partial charge is 1.00 e. The van der Waals surface area contributed by atoms with Crippen molar-refractivity contribution in [2.24, 2.45) is 0 Å².